The molecule has 1 radical (unpaired) electrons. The van der Waals surface area contributed by atoms with E-state index in [2.05, 4.69) is 29.4 Å². The Morgan fingerprint density at radius 3 is 3.18 bits per heavy atom. The minimum atomic E-state index is 1.04. The zero-order valence-corrected chi connectivity index (χ0v) is 6.75. The first-order chi connectivity index (χ1) is 5.43. The number of pyridine rings is 1. The highest BCUT2D eigenvalue weighted by Crippen LogP contribution is 1.99. The van der Waals surface area contributed by atoms with E-state index in [0.29, 0.717) is 0 Å². The van der Waals surface area contributed by atoms with Crippen LogP contribution in [-0.2, 0) is 6.42 Å². The van der Waals surface area contributed by atoms with Crippen LogP contribution in [0.25, 0.3) is 0 Å². The first-order valence-corrected chi connectivity index (χ1v) is 3.86. The predicted octanol–water partition coefficient (Wildman–Crippen LogP) is 2.39. The fourth-order valence-electron chi connectivity index (χ4n) is 0.904. The van der Waals surface area contributed by atoms with Gasteiger partial charge in [-0.2, -0.15) is 0 Å². The number of aryl methyl sites for hydroxylation is 1. The smallest absolute Gasteiger partial charge is 0.0920 e. The second-order valence-corrected chi connectivity index (χ2v) is 2.38. The number of hydrogen-bond donors (Lipinski definition) is 0. The lowest BCUT2D eigenvalue weighted by Crippen LogP contribution is -1.83. The first kappa shape index (κ1) is 7.99. The lowest BCUT2D eigenvalue weighted by atomic mass is 10.1. The van der Waals surface area contributed by atoms with Gasteiger partial charge in [-0.05, 0) is 31.4 Å². The lowest BCUT2D eigenvalue weighted by molar-refractivity contribution is 0.982. The Balaban J connectivity index is 2.39. The highest BCUT2D eigenvalue weighted by molar-refractivity contribution is 5.07. The van der Waals surface area contributed by atoms with Gasteiger partial charge >= 0.3 is 0 Å². The van der Waals surface area contributed by atoms with Crippen molar-refractivity contribution in [3.8, 4) is 0 Å². The van der Waals surface area contributed by atoms with Gasteiger partial charge in [-0.15, -0.1) is 0 Å². The van der Waals surface area contributed by atoms with Gasteiger partial charge in [0.05, 0.1) is 6.20 Å². The summed E-state index contributed by atoms with van der Waals surface area (Å²) >= 11 is 0. The molecule has 0 amide bonds. The van der Waals surface area contributed by atoms with Crippen molar-refractivity contribution < 1.29 is 0 Å². The molecular formula is C10H12N. The normalized spacial score (nSPS) is 10.6. The molecule has 0 atom stereocenters. The monoisotopic (exact) mass is 146 g/mol. The van der Waals surface area contributed by atoms with Gasteiger partial charge in [0.2, 0.25) is 0 Å². The van der Waals surface area contributed by atoms with Crippen LogP contribution in [0.1, 0.15) is 18.9 Å². The van der Waals surface area contributed by atoms with E-state index in [1.54, 1.807) is 6.20 Å². The lowest BCUT2D eigenvalue weighted by Gasteiger charge is -1.93. The van der Waals surface area contributed by atoms with Crippen LogP contribution in [0.2, 0.25) is 0 Å². The van der Waals surface area contributed by atoms with Crippen molar-refractivity contribution in [3.05, 3.63) is 42.2 Å². The van der Waals surface area contributed by atoms with Crippen molar-refractivity contribution in [2.24, 2.45) is 0 Å². The van der Waals surface area contributed by atoms with Crippen molar-refractivity contribution in [3.63, 3.8) is 0 Å². The average molecular weight is 146 g/mol. The van der Waals surface area contributed by atoms with Crippen LogP contribution in [0.5, 0.6) is 0 Å². The zero-order valence-electron chi connectivity index (χ0n) is 6.75. The van der Waals surface area contributed by atoms with Gasteiger partial charge in [0.25, 0.3) is 0 Å². The van der Waals surface area contributed by atoms with E-state index in [1.165, 1.54) is 5.56 Å². The van der Waals surface area contributed by atoms with Crippen LogP contribution in [0.4, 0.5) is 0 Å². The highest BCUT2D eigenvalue weighted by Gasteiger charge is 1.88. The van der Waals surface area contributed by atoms with Crippen molar-refractivity contribution in [2.75, 3.05) is 0 Å². The molecular weight excluding hydrogens is 134 g/mol. The summed E-state index contributed by atoms with van der Waals surface area (Å²) in [5, 5.41) is 0. The maximum absolute atomic E-state index is 3.91. The fraction of sp³-hybridized carbons (Fsp3) is 0.300. The molecule has 0 bridgehead atoms. The molecule has 57 valence electrons. The molecule has 0 spiro atoms. The van der Waals surface area contributed by atoms with Gasteiger partial charge in [-0.1, -0.05) is 18.2 Å². The fourth-order valence-corrected chi connectivity index (χ4v) is 0.904. The molecule has 0 unspecified atom stereocenters. The third-order valence-corrected chi connectivity index (χ3v) is 1.48. The molecule has 0 N–H and O–H groups in total. The molecule has 0 aliphatic heterocycles. The van der Waals surface area contributed by atoms with Gasteiger partial charge in [-0.3, -0.25) is 4.98 Å². The molecule has 0 aliphatic carbocycles. The minimum Gasteiger partial charge on any atom is -0.254 e. The maximum atomic E-state index is 3.91. The van der Waals surface area contributed by atoms with Crippen LogP contribution in [0, 0.1) is 6.20 Å². The Kier molecular flexibility index (Phi) is 3.39. The molecule has 1 rings (SSSR count). The van der Waals surface area contributed by atoms with Gasteiger partial charge < -0.3 is 0 Å². The second kappa shape index (κ2) is 4.67. The Labute approximate surface area is 67.8 Å². The molecule has 1 nitrogen and oxygen atoms in total. The first-order valence-electron chi connectivity index (χ1n) is 3.86. The zero-order chi connectivity index (χ0) is 7.94. The van der Waals surface area contributed by atoms with Crippen molar-refractivity contribution in [1.29, 1.82) is 0 Å². The highest BCUT2D eigenvalue weighted by atomic mass is 14.6. The largest absolute Gasteiger partial charge is 0.254 e. The summed E-state index contributed by atoms with van der Waals surface area (Å²) in [5.41, 5.74) is 1.19. The molecule has 0 fully saturated rings. The van der Waals surface area contributed by atoms with Crippen LogP contribution in [-0.4, -0.2) is 4.98 Å². The number of aromatic nitrogens is 1. The molecule has 0 saturated heterocycles. The van der Waals surface area contributed by atoms with Gasteiger partial charge in [0, 0.05) is 6.20 Å². The van der Waals surface area contributed by atoms with Gasteiger partial charge in [0.15, 0.2) is 0 Å². The Morgan fingerprint density at radius 1 is 1.64 bits per heavy atom. The number of hydrogen-bond acceptors (Lipinski definition) is 1. The topological polar surface area (TPSA) is 12.9 Å². The minimum absolute atomic E-state index is 1.04. The summed E-state index contributed by atoms with van der Waals surface area (Å²) in [6.45, 7) is 2.03. The van der Waals surface area contributed by atoms with E-state index in [1.807, 2.05) is 13.0 Å². The van der Waals surface area contributed by atoms with Crippen LogP contribution >= 0.6 is 0 Å². The van der Waals surface area contributed by atoms with Crippen molar-refractivity contribution >= 4 is 0 Å². The molecule has 0 saturated carbocycles. The summed E-state index contributed by atoms with van der Waals surface area (Å²) in [6.07, 6.45) is 11.0. The summed E-state index contributed by atoms with van der Waals surface area (Å²) in [5.74, 6) is 0. The van der Waals surface area contributed by atoms with Gasteiger partial charge in [0.1, 0.15) is 0 Å². The second-order valence-electron chi connectivity index (χ2n) is 2.38. The van der Waals surface area contributed by atoms with Crippen LogP contribution in [0.15, 0.2) is 30.5 Å². The summed E-state index contributed by atoms with van der Waals surface area (Å²) in [4.78, 5) is 3.91. The SMILES string of the molecule is CC=CCCc1[c]nccc1. The quantitative estimate of drug-likeness (QED) is 0.597. The molecule has 1 heterocycles. The molecule has 1 aromatic rings. The Bertz CT molecular complexity index is 214. The van der Waals surface area contributed by atoms with Crippen molar-refractivity contribution in [1.82, 2.24) is 4.98 Å². The molecule has 1 aromatic heterocycles. The molecule has 11 heavy (non-hydrogen) atoms. The van der Waals surface area contributed by atoms with E-state index in [4.69, 9.17) is 0 Å². The maximum Gasteiger partial charge on any atom is 0.0920 e. The molecule has 0 aromatic carbocycles. The number of nitrogens with zero attached hydrogens (tertiary/aromatic N) is 1. The van der Waals surface area contributed by atoms with E-state index < -0.39 is 0 Å². The summed E-state index contributed by atoms with van der Waals surface area (Å²) < 4.78 is 0. The number of allylic oxidation sites excluding steroid dienone is 2. The van der Waals surface area contributed by atoms with Crippen molar-refractivity contribution in [2.45, 2.75) is 19.8 Å². The number of rotatable bonds is 3. The third-order valence-electron chi connectivity index (χ3n) is 1.48. The van der Waals surface area contributed by atoms with E-state index >= 15 is 0 Å². The molecule has 0 aliphatic rings. The van der Waals surface area contributed by atoms with E-state index in [0.717, 1.165) is 12.8 Å². The Hall–Kier alpha value is -1.11. The third kappa shape index (κ3) is 2.99. The summed E-state index contributed by atoms with van der Waals surface area (Å²) in [6, 6.07) is 4.00. The molecule has 1 heteroatoms. The average Bonchev–Trinajstić information content (AvgIpc) is 2.07. The van der Waals surface area contributed by atoms with Crippen LogP contribution in [0.3, 0.4) is 0 Å². The van der Waals surface area contributed by atoms with Gasteiger partial charge in [-0.25, -0.2) is 0 Å². The standard InChI is InChI=1S/C10H12N/c1-2-3-4-6-10-7-5-8-11-9-10/h2-3,5,7-8H,4,6H2,1H3. The van der Waals surface area contributed by atoms with E-state index in [9.17, 15) is 0 Å². The summed E-state index contributed by atoms with van der Waals surface area (Å²) in [7, 11) is 0. The predicted molar refractivity (Wildman–Crippen MR) is 46.2 cm³/mol. The van der Waals surface area contributed by atoms with Crippen LogP contribution < -0.4 is 0 Å². The van der Waals surface area contributed by atoms with E-state index in [-0.39, 0.29) is 0 Å². The Morgan fingerprint density at radius 2 is 2.55 bits per heavy atom.